The molecule has 10 heteroatoms. The van der Waals surface area contributed by atoms with Crippen LogP contribution in [0, 0.1) is 5.92 Å². The zero-order valence-corrected chi connectivity index (χ0v) is 20.9. The Hall–Kier alpha value is -2.91. The Morgan fingerprint density at radius 1 is 1.06 bits per heavy atom. The van der Waals surface area contributed by atoms with E-state index in [0.29, 0.717) is 16.8 Å². The van der Waals surface area contributed by atoms with Gasteiger partial charge in [0.25, 0.3) is 5.91 Å². The Morgan fingerprint density at radius 3 is 2.22 bits per heavy atom. The van der Waals surface area contributed by atoms with Crippen LogP contribution in [0.5, 0.6) is 0 Å². The number of nitrogens with one attached hydrogen (secondary N) is 1. The van der Waals surface area contributed by atoms with Crippen LogP contribution in [0.4, 0.5) is 5.82 Å². The zero-order valence-electron chi connectivity index (χ0n) is 19.4. The lowest BCUT2D eigenvalue weighted by atomic mass is 9.82. The molecule has 188 valence electrons. The van der Waals surface area contributed by atoms with Crippen molar-refractivity contribution in [3.8, 4) is 0 Å². The van der Waals surface area contributed by atoms with E-state index in [1.54, 1.807) is 54.6 Å². The number of anilines is 1. The van der Waals surface area contributed by atoms with Gasteiger partial charge in [-0.15, -0.1) is 0 Å². The SMILES string of the molecule is O=C(C[N+]12CCC(CC1)[C@@H](OC(=O)C(O)(c1ccccc1Cl)c1ccccc1Cl)C2)Nc1ccon1. The van der Waals surface area contributed by atoms with Crippen LogP contribution in [-0.2, 0) is 19.9 Å². The van der Waals surface area contributed by atoms with Crippen molar-refractivity contribution in [2.24, 2.45) is 5.92 Å². The molecule has 3 aliphatic heterocycles. The topological polar surface area (TPSA) is 102 Å². The Bertz CT molecular complexity index is 1210. The van der Waals surface area contributed by atoms with E-state index >= 15 is 0 Å². The van der Waals surface area contributed by atoms with Gasteiger partial charge in [0.2, 0.25) is 5.60 Å². The molecule has 1 atom stereocenters. The molecular weight excluding hydrogens is 505 g/mol. The summed E-state index contributed by atoms with van der Waals surface area (Å²) in [5.41, 5.74) is -1.80. The molecular formula is C26H26Cl2N3O5+. The molecule has 4 heterocycles. The summed E-state index contributed by atoms with van der Waals surface area (Å²) in [5.74, 6) is -0.516. The van der Waals surface area contributed by atoms with Gasteiger partial charge < -0.3 is 24.2 Å². The third-order valence-electron chi connectivity index (χ3n) is 7.31. The number of ether oxygens (including phenoxy) is 1. The van der Waals surface area contributed by atoms with Crippen LogP contribution in [0.2, 0.25) is 10.0 Å². The first-order valence-electron chi connectivity index (χ1n) is 11.8. The lowest BCUT2D eigenvalue weighted by Crippen LogP contribution is -2.66. The van der Waals surface area contributed by atoms with Crippen molar-refractivity contribution < 1.29 is 28.4 Å². The third-order valence-corrected chi connectivity index (χ3v) is 7.97. The normalized spacial score (nSPS) is 23.3. The van der Waals surface area contributed by atoms with Gasteiger partial charge in [-0.1, -0.05) is 64.8 Å². The average molecular weight is 531 g/mol. The summed E-state index contributed by atoms with van der Waals surface area (Å²) in [6.45, 7) is 2.32. The van der Waals surface area contributed by atoms with E-state index in [4.69, 9.17) is 32.5 Å². The van der Waals surface area contributed by atoms with Crippen LogP contribution < -0.4 is 5.32 Å². The molecule has 2 N–H and O–H groups in total. The summed E-state index contributed by atoms with van der Waals surface area (Å²) in [5, 5.41) is 18.8. The van der Waals surface area contributed by atoms with E-state index in [2.05, 4.69) is 10.5 Å². The van der Waals surface area contributed by atoms with Crippen molar-refractivity contribution in [3.05, 3.63) is 82.0 Å². The van der Waals surface area contributed by atoms with Gasteiger partial charge in [0.1, 0.15) is 12.8 Å². The number of carbonyl (C=O) groups is 2. The minimum atomic E-state index is -2.20. The van der Waals surface area contributed by atoms with Crippen molar-refractivity contribution in [1.29, 1.82) is 0 Å². The third kappa shape index (κ3) is 4.62. The second-order valence-electron chi connectivity index (χ2n) is 9.51. The van der Waals surface area contributed by atoms with Gasteiger partial charge in [-0.05, 0) is 12.1 Å². The van der Waals surface area contributed by atoms with Gasteiger partial charge >= 0.3 is 5.97 Å². The molecule has 6 rings (SSSR count). The average Bonchev–Trinajstić information content (AvgIpc) is 3.37. The summed E-state index contributed by atoms with van der Waals surface area (Å²) >= 11 is 12.9. The summed E-state index contributed by atoms with van der Waals surface area (Å²) in [6, 6.07) is 14.8. The summed E-state index contributed by atoms with van der Waals surface area (Å²) in [6.07, 6.45) is 2.55. The maximum absolute atomic E-state index is 13.8. The molecule has 0 spiro atoms. The smallest absolute Gasteiger partial charge is 0.348 e. The number of aromatic nitrogens is 1. The maximum atomic E-state index is 13.8. The van der Waals surface area contributed by atoms with E-state index in [1.807, 2.05) is 0 Å². The van der Waals surface area contributed by atoms with Gasteiger partial charge in [0.05, 0.1) is 13.1 Å². The summed E-state index contributed by atoms with van der Waals surface area (Å²) in [7, 11) is 0. The number of piperidine rings is 3. The van der Waals surface area contributed by atoms with Crippen molar-refractivity contribution >= 4 is 40.9 Å². The number of halogens is 2. The number of carbonyl (C=O) groups excluding carboxylic acids is 2. The van der Waals surface area contributed by atoms with Crippen LogP contribution in [0.3, 0.4) is 0 Å². The highest BCUT2D eigenvalue weighted by molar-refractivity contribution is 6.33. The molecule has 0 unspecified atom stereocenters. The van der Waals surface area contributed by atoms with E-state index in [0.717, 1.165) is 25.9 Å². The Labute approximate surface area is 218 Å². The zero-order chi connectivity index (χ0) is 25.3. The lowest BCUT2D eigenvalue weighted by molar-refractivity contribution is -0.939. The predicted octanol–water partition coefficient (Wildman–Crippen LogP) is 4.01. The number of esters is 1. The van der Waals surface area contributed by atoms with Crippen LogP contribution in [0.15, 0.2) is 65.4 Å². The first-order valence-corrected chi connectivity index (χ1v) is 12.6. The molecule has 0 saturated carbocycles. The molecule has 36 heavy (non-hydrogen) atoms. The van der Waals surface area contributed by atoms with E-state index in [9.17, 15) is 14.7 Å². The highest BCUT2D eigenvalue weighted by atomic mass is 35.5. The minimum Gasteiger partial charge on any atom is -0.453 e. The standard InChI is InChI=1S/C26H25Cl2N3O5/c27-20-7-3-1-5-18(20)26(34,19-6-2-4-8-21(19)28)25(33)36-22-15-31(12-9-17(22)10-13-31)16-24(32)29-23-11-14-35-30-23/h1-8,11,14,17,22,34H,9-10,12-13,15-16H2/p+1/t17?,22-,31?/m0/s1. The number of nitrogens with zero attached hydrogens (tertiary/aromatic N) is 2. The Balaban J connectivity index is 1.39. The first-order chi connectivity index (χ1) is 17.3. The molecule has 3 aliphatic rings. The van der Waals surface area contributed by atoms with Crippen molar-refractivity contribution in [3.63, 3.8) is 0 Å². The fraction of sp³-hybridized carbons (Fsp3) is 0.346. The highest BCUT2D eigenvalue weighted by Crippen LogP contribution is 2.41. The molecule has 8 nitrogen and oxygen atoms in total. The number of amides is 1. The molecule has 0 aliphatic carbocycles. The number of hydrogen-bond donors (Lipinski definition) is 2. The number of fused-ring (bicyclic) bond motifs is 3. The van der Waals surface area contributed by atoms with E-state index < -0.39 is 17.7 Å². The number of benzene rings is 2. The summed E-state index contributed by atoms with van der Waals surface area (Å²) in [4.78, 5) is 26.5. The maximum Gasteiger partial charge on any atom is 0.348 e. The number of aliphatic hydroxyl groups is 1. The lowest BCUT2D eigenvalue weighted by Gasteiger charge is -2.51. The van der Waals surface area contributed by atoms with Gasteiger partial charge in [0.15, 0.2) is 18.5 Å². The Kier molecular flexibility index (Phi) is 6.78. The molecule has 3 saturated heterocycles. The first kappa shape index (κ1) is 24.8. The van der Waals surface area contributed by atoms with Gasteiger partial charge in [0, 0.05) is 46.0 Å². The van der Waals surface area contributed by atoms with E-state index in [-0.39, 0.29) is 39.5 Å². The molecule has 3 aromatic rings. The van der Waals surface area contributed by atoms with E-state index in [1.165, 1.54) is 6.26 Å². The van der Waals surface area contributed by atoms with Gasteiger partial charge in [-0.3, -0.25) is 4.79 Å². The van der Waals surface area contributed by atoms with Crippen molar-refractivity contribution in [2.45, 2.75) is 24.5 Å². The predicted molar refractivity (Wildman–Crippen MR) is 133 cm³/mol. The minimum absolute atomic E-state index is 0.147. The fourth-order valence-corrected chi connectivity index (χ4v) is 5.98. The molecule has 1 amide bonds. The molecule has 0 radical (unpaired) electrons. The second-order valence-corrected chi connectivity index (χ2v) is 10.3. The van der Waals surface area contributed by atoms with Crippen LogP contribution in [0.1, 0.15) is 24.0 Å². The second kappa shape index (κ2) is 9.86. The van der Waals surface area contributed by atoms with Crippen LogP contribution in [-0.4, -0.2) is 58.9 Å². The monoisotopic (exact) mass is 530 g/mol. The van der Waals surface area contributed by atoms with Crippen molar-refractivity contribution in [1.82, 2.24) is 5.16 Å². The fourth-order valence-electron chi connectivity index (χ4n) is 5.44. The highest BCUT2D eigenvalue weighted by Gasteiger charge is 2.52. The van der Waals surface area contributed by atoms with Crippen LogP contribution in [0.25, 0.3) is 0 Å². The summed E-state index contributed by atoms with van der Waals surface area (Å²) < 4.78 is 11.3. The van der Waals surface area contributed by atoms with Crippen LogP contribution >= 0.6 is 23.2 Å². The van der Waals surface area contributed by atoms with Gasteiger partial charge in [-0.25, -0.2) is 4.79 Å². The molecule has 2 bridgehead atoms. The molecule has 1 aromatic heterocycles. The number of quaternary nitrogens is 1. The number of hydrogen-bond acceptors (Lipinski definition) is 6. The Morgan fingerprint density at radius 2 is 1.67 bits per heavy atom. The molecule has 2 aromatic carbocycles. The largest absolute Gasteiger partial charge is 0.453 e. The quantitative estimate of drug-likeness (QED) is 0.353. The molecule has 3 fully saturated rings. The number of rotatable bonds is 7. The van der Waals surface area contributed by atoms with Crippen molar-refractivity contribution in [2.75, 3.05) is 31.5 Å². The van der Waals surface area contributed by atoms with Gasteiger partial charge in [-0.2, -0.15) is 0 Å².